The predicted molar refractivity (Wildman–Crippen MR) is 33.3 cm³/mol. The van der Waals surface area contributed by atoms with Crippen molar-refractivity contribution in [3.8, 4) is 0 Å². The first-order chi connectivity index (χ1) is 2.89. The molecule has 1 nitrogen and oxygen atoms in total. The highest BCUT2D eigenvalue weighted by Crippen LogP contribution is 2.34. The highest BCUT2D eigenvalue weighted by Gasteiger charge is 2.05. The Labute approximate surface area is 49.1 Å². The van der Waals surface area contributed by atoms with Gasteiger partial charge in [-0.15, -0.1) is 11.6 Å². The van der Waals surface area contributed by atoms with E-state index in [-0.39, 0.29) is 4.71 Å². The van der Waals surface area contributed by atoms with Gasteiger partial charge in [-0.05, 0) is 10.8 Å². The zero-order valence-electron chi connectivity index (χ0n) is 2.80. The third kappa shape index (κ3) is 1.06. The summed E-state index contributed by atoms with van der Waals surface area (Å²) in [6, 6.07) is 0. The van der Waals surface area contributed by atoms with E-state index in [1.54, 1.807) is 17.0 Å². The molecule has 1 heterocycles. The average Bonchev–Trinajstić information content (AvgIpc) is 1.86. The molecule has 1 unspecified atom stereocenters. The van der Waals surface area contributed by atoms with E-state index in [2.05, 4.69) is 4.40 Å². The smallest absolute Gasteiger partial charge is 0.127 e. The van der Waals surface area contributed by atoms with Crippen LogP contribution in [0.1, 0.15) is 0 Å². The van der Waals surface area contributed by atoms with E-state index >= 15 is 0 Å². The molecule has 1 aliphatic rings. The van der Waals surface area contributed by atoms with Crippen LogP contribution in [0, 0.1) is 0 Å². The molecule has 6 heavy (non-hydrogen) atoms. The highest BCUT2D eigenvalue weighted by molar-refractivity contribution is 8.77. The fourth-order valence-corrected chi connectivity index (χ4v) is 1.76. The molecule has 0 amide bonds. The Bertz CT molecular complexity index is 73.9. The largest absolute Gasteiger partial charge is 0.215 e. The molecule has 0 aromatic rings. The van der Waals surface area contributed by atoms with Crippen molar-refractivity contribution in [2.45, 2.75) is 4.71 Å². The normalized spacial score (nSPS) is 31.8. The van der Waals surface area contributed by atoms with Gasteiger partial charge in [0.2, 0.25) is 0 Å². The summed E-state index contributed by atoms with van der Waals surface area (Å²) in [7, 11) is 2.99. The number of hydrogen-bond donors (Lipinski definition) is 0. The van der Waals surface area contributed by atoms with Crippen molar-refractivity contribution in [1.29, 1.82) is 0 Å². The van der Waals surface area contributed by atoms with Gasteiger partial charge in [-0.2, -0.15) is 0 Å². The molecule has 34 valence electrons. The van der Waals surface area contributed by atoms with Crippen molar-refractivity contribution in [2.24, 2.45) is 4.40 Å². The zero-order chi connectivity index (χ0) is 4.41. The monoisotopic (exact) mass is 139 g/mol. The van der Waals surface area contributed by atoms with E-state index in [9.17, 15) is 0 Å². The van der Waals surface area contributed by atoms with Crippen LogP contribution in [0.25, 0.3) is 0 Å². The first-order valence-corrected chi connectivity index (χ1v) is 4.00. The van der Waals surface area contributed by atoms with Gasteiger partial charge in [0.05, 0.1) is 0 Å². The van der Waals surface area contributed by atoms with Crippen molar-refractivity contribution >= 4 is 39.6 Å². The first-order valence-electron chi connectivity index (χ1n) is 1.39. The maximum atomic E-state index is 5.51. The molecule has 1 aliphatic heterocycles. The molecule has 0 bridgehead atoms. The molecule has 0 spiro atoms. The molecular formula is C2H2ClNS2. The van der Waals surface area contributed by atoms with Gasteiger partial charge >= 0.3 is 0 Å². The van der Waals surface area contributed by atoms with Crippen LogP contribution in [0.5, 0.6) is 0 Å². The minimum absolute atomic E-state index is 0.106. The number of nitrogens with zero attached hydrogens (tertiary/aromatic N) is 1. The van der Waals surface area contributed by atoms with Crippen molar-refractivity contribution < 1.29 is 0 Å². The Balaban J connectivity index is 2.38. The first kappa shape index (κ1) is 4.81. The zero-order valence-corrected chi connectivity index (χ0v) is 5.19. The van der Waals surface area contributed by atoms with E-state index in [0.29, 0.717) is 0 Å². The second kappa shape index (κ2) is 2.09. The van der Waals surface area contributed by atoms with Crippen LogP contribution >= 0.6 is 33.4 Å². The number of rotatable bonds is 0. The summed E-state index contributed by atoms with van der Waals surface area (Å²) < 4.78 is 3.89. The maximum absolute atomic E-state index is 5.51. The molecule has 0 radical (unpaired) electrons. The topological polar surface area (TPSA) is 12.4 Å². The summed E-state index contributed by atoms with van der Waals surface area (Å²) in [5.74, 6) is 0. The lowest BCUT2D eigenvalue weighted by molar-refractivity contribution is 1.84. The van der Waals surface area contributed by atoms with Gasteiger partial charge in [0.25, 0.3) is 0 Å². The lowest BCUT2D eigenvalue weighted by atomic mass is 10.9. The fourth-order valence-electron chi connectivity index (χ4n) is 0.163. The Kier molecular flexibility index (Phi) is 1.68. The van der Waals surface area contributed by atoms with Gasteiger partial charge in [-0.25, -0.2) is 4.40 Å². The van der Waals surface area contributed by atoms with Gasteiger partial charge in [0, 0.05) is 17.2 Å². The summed E-state index contributed by atoms with van der Waals surface area (Å²) in [5.41, 5.74) is 0. The minimum atomic E-state index is 0.106. The van der Waals surface area contributed by atoms with Gasteiger partial charge < -0.3 is 0 Å². The summed E-state index contributed by atoms with van der Waals surface area (Å²) in [4.78, 5) is 0. The Hall–Kier alpha value is 0.660. The maximum Gasteiger partial charge on any atom is 0.127 e. The van der Waals surface area contributed by atoms with Crippen LogP contribution in [-0.2, 0) is 0 Å². The second-order valence-electron chi connectivity index (χ2n) is 0.776. The Morgan fingerprint density at radius 2 is 2.67 bits per heavy atom. The number of hydrogen-bond acceptors (Lipinski definition) is 3. The molecule has 1 rings (SSSR count). The predicted octanol–water partition coefficient (Wildman–Crippen LogP) is 1.93. The molecule has 0 fully saturated rings. The molecule has 0 aromatic heterocycles. The molecule has 4 heteroatoms. The fraction of sp³-hybridized carbons (Fsp3) is 0.500. The van der Waals surface area contributed by atoms with Crippen molar-refractivity contribution in [3.05, 3.63) is 0 Å². The van der Waals surface area contributed by atoms with Crippen LogP contribution in [0.3, 0.4) is 0 Å². The average molecular weight is 140 g/mol. The van der Waals surface area contributed by atoms with E-state index in [1.165, 1.54) is 11.0 Å². The highest BCUT2D eigenvalue weighted by atomic mass is 35.5. The molecule has 0 saturated carbocycles. The van der Waals surface area contributed by atoms with Crippen molar-refractivity contribution in [1.82, 2.24) is 0 Å². The lowest BCUT2D eigenvalue weighted by Crippen LogP contribution is -1.81. The van der Waals surface area contributed by atoms with E-state index < -0.39 is 0 Å². The standard InChI is InChI=1S/C2H2ClNS2/c3-2-1-4-6-5-2/h1-2H. The van der Waals surface area contributed by atoms with Gasteiger partial charge in [-0.1, -0.05) is 0 Å². The van der Waals surface area contributed by atoms with Crippen LogP contribution in [0.15, 0.2) is 4.40 Å². The van der Waals surface area contributed by atoms with Gasteiger partial charge in [-0.3, -0.25) is 0 Å². The second-order valence-corrected chi connectivity index (χ2v) is 3.59. The number of alkyl halides is 1. The molecular weight excluding hydrogens is 138 g/mol. The third-order valence-electron chi connectivity index (χ3n) is 0.356. The molecule has 1 atom stereocenters. The van der Waals surface area contributed by atoms with Crippen LogP contribution < -0.4 is 0 Å². The van der Waals surface area contributed by atoms with Crippen molar-refractivity contribution in [2.75, 3.05) is 0 Å². The van der Waals surface area contributed by atoms with Crippen LogP contribution in [0.4, 0.5) is 0 Å². The SMILES string of the molecule is ClC1C=NSS1. The van der Waals surface area contributed by atoms with E-state index in [1.807, 2.05) is 0 Å². The Morgan fingerprint density at radius 3 is 2.83 bits per heavy atom. The quantitative estimate of drug-likeness (QED) is 0.289. The lowest BCUT2D eigenvalue weighted by Gasteiger charge is -1.81. The summed E-state index contributed by atoms with van der Waals surface area (Å²) in [5, 5.41) is 0. The van der Waals surface area contributed by atoms with Gasteiger partial charge in [0.1, 0.15) is 4.71 Å². The molecule has 0 aliphatic carbocycles. The summed E-state index contributed by atoms with van der Waals surface area (Å²) in [6.45, 7) is 0. The summed E-state index contributed by atoms with van der Waals surface area (Å²) in [6.07, 6.45) is 1.72. The van der Waals surface area contributed by atoms with Crippen LogP contribution in [-0.4, -0.2) is 10.9 Å². The van der Waals surface area contributed by atoms with Crippen LogP contribution in [0.2, 0.25) is 0 Å². The van der Waals surface area contributed by atoms with E-state index in [0.717, 1.165) is 0 Å². The molecule has 0 aromatic carbocycles. The summed E-state index contributed by atoms with van der Waals surface area (Å²) >= 11 is 5.51. The molecule has 0 N–H and O–H groups in total. The minimum Gasteiger partial charge on any atom is -0.215 e. The Morgan fingerprint density at radius 1 is 1.83 bits per heavy atom. The van der Waals surface area contributed by atoms with Gasteiger partial charge in [0.15, 0.2) is 0 Å². The number of halogens is 1. The van der Waals surface area contributed by atoms with Crippen molar-refractivity contribution in [3.63, 3.8) is 0 Å². The third-order valence-corrected chi connectivity index (χ3v) is 2.79. The van der Waals surface area contributed by atoms with E-state index in [4.69, 9.17) is 11.6 Å². The molecule has 0 saturated heterocycles.